The molecule has 6 heteroatoms. The number of hydrogen-bond donors (Lipinski definition) is 1. The van der Waals surface area contributed by atoms with Crippen LogP contribution in [0.4, 0.5) is 10.5 Å². The zero-order chi connectivity index (χ0) is 15.9. The van der Waals surface area contributed by atoms with Crippen LogP contribution in [0, 0.1) is 6.42 Å². The maximum absolute atomic E-state index is 12.4. The number of hydrogen-bond acceptors (Lipinski definition) is 2. The van der Waals surface area contributed by atoms with Crippen molar-refractivity contribution in [2.75, 3.05) is 4.90 Å². The average molecular weight is 336 g/mol. The molecule has 1 atom stereocenters. The second kappa shape index (κ2) is 5.45. The summed E-state index contributed by atoms with van der Waals surface area (Å²) in [6.45, 7) is 1.72. The maximum atomic E-state index is 12.4. The zero-order valence-electron chi connectivity index (χ0n) is 11.8. The Bertz CT molecular complexity index is 727. The van der Waals surface area contributed by atoms with Crippen LogP contribution >= 0.6 is 23.2 Å². The molecule has 2 aliphatic rings. The van der Waals surface area contributed by atoms with Crippen LogP contribution < -0.4 is 10.2 Å². The first-order chi connectivity index (χ1) is 10.4. The standard InChI is InChI=1S/C16H13Cl2N2O2/c1-16(10-5-3-2-4-6-10)14(21)19-15(22)20(16)11-7-8-12(17)13(18)9-11/h2-3,5-9H,4H2,1H3,(H,19,21,22). The number of amides is 3. The van der Waals surface area contributed by atoms with Crippen molar-refractivity contribution in [3.05, 3.63) is 58.5 Å². The molecule has 1 radical (unpaired) electrons. The number of nitrogens with one attached hydrogen (secondary N) is 1. The van der Waals surface area contributed by atoms with Gasteiger partial charge in [0.2, 0.25) is 0 Å². The van der Waals surface area contributed by atoms with Crippen molar-refractivity contribution < 1.29 is 9.59 Å². The van der Waals surface area contributed by atoms with E-state index in [-0.39, 0.29) is 5.91 Å². The molecule has 1 N–H and O–H groups in total. The third-order valence-electron chi connectivity index (χ3n) is 3.92. The Morgan fingerprint density at radius 3 is 2.64 bits per heavy atom. The minimum atomic E-state index is -1.11. The lowest BCUT2D eigenvalue weighted by molar-refractivity contribution is -0.121. The second-order valence-electron chi connectivity index (χ2n) is 5.26. The molecule has 3 rings (SSSR count). The molecule has 1 aliphatic carbocycles. The Morgan fingerprint density at radius 2 is 2.00 bits per heavy atom. The Labute approximate surface area is 138 Å². The normalized spacial score (nSPS) is 24.5. The van der Waals surface area contributed by atoms with Crippen molar-refractivity contribution in [2.24, 2.45) is 0 Å². The maximum Gasteiger partial charge on any atom is 0.329 e. The number of benzene rings is 1. The third kappa shape index (κ3) is 2.23. The van der Waals surface area contributed by atoms with E-state index in [0.717, 1.165) is 12.0 Å². The Hall–Kier alpha value is -1.78. The highest BCUT2D eigenvalue weighted by Crippen LogP contribution is 2.38. The molecule has 1 saturated heterocycles. The van der Waals surface area contributed by atoms with E-state index in [0.29, 0.717) is 15.7 Å². The van der Waals surface area contributed by atoms with E-state index < -0.39 is 11.6 Å². The summed E-state index contributed by atoms with van der Waals surface area (Å²) in [5.74, 6) is -0.360. The van der Waals surface area contributed by atoms with Crippen molar-refractivity contribution in [3.8, 4) is 0 Å². The van der Waals surface area contributed by atoms with Gasteiger partial charge in [-0.25, -0.2) is 4.79 Å². The van der Waals surface area contributed by atoms with Crippen LogP contribution in [0.5, 0.6) is 0 Å². The quantitative estimate of drug-likeness (QED) is 0.833. The minimum absolute atomic E-state index is 0.329. The minimum Gasteiger partial charge on any atom is -0.275 e. The van der Waals surface area contributed by atoms with Gasteiger partial charge in [0.25, 0.3) is 5.91 Å². The molecule has 113 valence electrons. The summed E-state index contributed by atoms with van der Waals surface area (Å²) < 4.78 is 0. The molecule has 0 bridgehead atoms. The fourth-order valence-electron chi connectivity index (χ4n) is 2.71. The van der Waals surface area contributed by atoms with E-state index in [1.807, 2.05) is 24.6 Å². The summed E-state index contributed by atoms with van der Waals surface area (Å²) in [5, 5.41) is 3.10. The lowest BCUT2D eigenvalue weighted by atomic mass is 9.86. The summed E-state index contributed by atoms with van der Waals surface area (Å²) in [5.41, 5.74) is 0.174. The summed E-state index contributed by atoms with van der Waals surface area (Å²) in [4.78, 5) is 26.1. The Kier molecular flexibility index (Phi) is 3.75. The Balaban J connectivity index is 2.12. The smallest absolute Gasteiger partial charge is 0.275 e. The van der Waals surface area contributed by atoms with Gasteiger partial charge in [-0.3, -0.25) is 15.0 Å². The molecule has 22 heavy (non-hydrogen) atoms. The van der Waals surface area contributed by atoms with Gasteiger partial charge in [-0.2, -0.15) is 0 Å². The first-order valence-electron chi connectivity index (χ1n) is 6.76. The van der Waals surface area contributed by atoms with Gasteiger partial charge in [0.05, 0.1) is 10.0 Å². The Morgan fingerprint density at radius 1 is 1.23 bits per heavy atom. The van der Waals surface area contributed by atoms with Gasteiger partial charge < -0.3 is 0 Å². The molecule has 0 saturated carbocycles. The van der Waals surface area contributed by atoms with Crippen molar-refractivity contribution in [1.29, 1.82) is 0 Å². The largest absolute Gasteiger partial charge is 0.329 e. The number of urea groups is 1. The molecule has 1 unspecified atom stereocenters. The van der Waals surface area contributed by atoms with Gasteiger partial charge in [-0.1, -0.05) is 41.4 Å². The summed E-state index contributed by atoms with van der Waals surface area (Å²) in [6, 6.07) is 4.38. The lowest BCUT2D eigenvalue weighted by Gasteiger charge is -2.34. The SMILES string of the molecule is CC1(C2=CC[CH]C=C2)C(=O)NC(=O)N1c1ccc(Cl)c(Cl)c1. The van der Waals surface area contributed by atoms with Gasteiger partial charge in [-0.05, 0) is 43.5 Å². The molecule has 1 aromatic carbocycles. The highest BCUT2D eigenvalue weighted by Gasteiger charge is 2.52. The summed E-state index contributed by atoms with van der Waals surface area (Å²) in [7, 11) is 0. The van der Waals surface area contributed by atoms with Gasteiger partial charge in [-0.15, -0.1) is 0 Å². The van der Waals surface area contributed by atoms with E-state index in [9.17, 15) is 9.59 Å². The number of carbonyl (C=O) groups is 2. The van der Waals surface area contributed by atoms with E-state index in [1.165, 1.54) is 4.90 Å². The number of nitrogens with zero attached hydrogens (tertiary/aromatic N) is 1. The van der Waals surface area contributed by atoms with Gasteiger partial charge in [0.1, 0.15) is 0 Å². The topological polar surface area (TPSA) is 49.4 Å². The number of imide groups is 1. The van der Waals surface area contributed by atoms with Gasteiger partial charge in [0.15, 0.2) is 5.54 Å². The monoisotopic (exact) mass is 335 g/mol. The van der Waals surface area contributed by atoms with Gasteiger partial charge >= 0.3 is 6.03 Å². The van der Waals surface area contributed by atoms with E-state index in [1.54, 1.807) is 25.1 Å². The molecule has 1 aliphatic heterocycles. The third-order valence-corrected chi connectivity index (χ3v) is 4.66. The second-order valence-corrected chi connectivity index (χ2v) is 6.07. The molecule has 1 aromatic rings. The van der Waals surface area contributed by atoms with Crippen LogP contribution in [0.2, 0.25) is 10.0 Å². The van der Waals surface area contributed by atoms with E-state index >= 15 is 0 Å². The van der Waals surface area contributed by atoms with E-state index in [4.69, 9.17) is 23.2 Å². The molecular formula is C16H13Cl2N2O2. The number of anilines is 1. The molecule has 1 fully saturated rings. The first kappa shape index (κ1) is 15.1. The van der Waals surface area contributed by atoms with Crippen LogP contribution in [-0.2, 0) is 4.79 Å². The van der Waals surface area contributed by atoms with Crippen molar-refractivity contribution >= 4 is 40.8 Å². The molecule has 3 amide bonds. The van der Waals surface area contributed by atoms with Crippen molar-refractivity contribution in [1.82, 2.24) is 5.32 Å². The van der Waals surface area contributed by atoms with Crippen LogP contribution in [0.15, 0.2) is 42.0 Å². The number of allylic oxidation sites excluding steroid dienone is 2. The first-order valence-corrected chi connectivity index (χ1v) is 7.51. The molecular weight excluding hydrogens is 323 g/mol. The van der Waals surface area contributed by atoms with Crippen LogP contribution in [0.25, 0.3) is 0 Å². The molecule has 0 aromatic heterocycles. The molecule has 4 nitrogen and oxygen atoms in total. The van der Waals surface area contributed by atoms with Crippen LogP contribution in [0.3, 0.4) is 0 Å². The van der Waals surface area contributed by atoms with Gasteiger partial charge in [0, 0.05) is 5.69 Å². The predicted octanol–water partition coefficient (Wildman–Crippen LogP) is 3.90. The van der Waals surface area contributed by atoms with Crippen LogP contribution in [0.1, 0.15) is 13.3 Å². The number of carbonyl (C=O) groups excluding carboxylic acids is 2. The molecule has 1 heterocycles. The summed E-state index contributed by atoms with van der Waals surface area (Å²) in [6.07, 6.45) is 8.35. The van der Waals surface area contributed by atoms with E-state index in [2.05, 4.69) is 5.32 Å². The summed E-state index contributed by atoms with van der Waals surface area (Å²) >= 11 is 12.0. The predicted molar refractivity (Wildman–Crippen MR) is 87.0 cm³/mol. The highest BCUT2D eigenvalue weighted by atomic mass is 35.5. The zero-order valence-corrected chi connectivity index (χ0v) is 13.3. The average Bonchev–Trinajstić information content (AvgIpc) is 2.74. The fourth-order valence-corrected chi connectivity index (χ4v) is 3.01. The fraction of sp³-hybridized carbons (Fsp3) is 0.188. The lowest BCUT2D eigenvalue weighted by Crippen LogP contribution is -2.48. The van der Waals surface area contributed by atoms with Crippen molar-refractivity contribution in [2.45, 2.75) is 18.9 Å². The molecule has 0 spiro atoms. The number of rotatable bonds is 2. The van der Waals surface area contributed by atoms with Crippen LogP contribution in [-0.4, -0.2) is 17.5 Å². The highest BCUT2D eigenvalue weighted by molar-refractivity contribution is 6.42. The van der Waals surface area contributed by atoms with Crippen molar-refractivity contribution in [3.63, 3.8) is 0 Å². The number of halogens is 2.